The van der Waals surface area contributed by atoms with E-state index in [1.165, 1.54) is 0 Å². The molecular formula is C27H32O6. The molecule has 0 radical (unpaired) electrons. The van der Waals surface area contributed by atoms with E-state index in [2.05, 4.69) is 20.8 Å². The van der Waals surface area contributed by atoms with Crippen molar-refractivity contribution in [2.24, 2.45) is 16.7 Å². The lowest BCUT2D eigenvalue weighted by molar-refractivity contribution is -0.145. The molecule has 33 heavy (non-hydrogen) atoms. The number of fused-ring (bicyclic) bond motifs is 1. The van der Waals surface area contributed by atoms with Gasteiger partial charge in [-0.3, -0.25) is 9.59 Å². The van der Waals surface area contributed by atoms with Gasteiger partial charge in [0.15, 0.2) is 17.3 Å². The Kier molecular flexibility index (Phi) is 5.89. The molecule has 2 aromatic carbocycles. The number of rotatable bonds is 8. The van der Waals surface area contributed by atoms with Crippen LogP contribution in [0.1, 0.15) is 56.0 Å². The molecule has 0 bridgehead atoms. The number of carbonyl (C=O) groups is 2. The van der Waals surface area contributed by atoms with E-state index in [0.29, 0.717) is 36.5 Å². The van der Waals surface area contributed by atoms with Gasteiger partial charge in [-0.05, 0) is 53.9 Å². The molecule has 2 unspecified atom stereocenters. The molecule has 1 N–H and O–H groups in total. The van der Waals surface area contributed by atoms with Crippen LogP contribution >= 0.6 is 0 Å². The Bertz CT molecular complexity index is 1100. The highest BCUT2D eigenvalue weighted by molar-refractivity contribution is 6.02. The fourth-order valence-corrected chi connectivity index (χ4v) is 5.09. The summed E-state index contributed by atoms with van der Waals surface area (Å²) in [7, 11) is 3.10. The van der Waals surface area contributed by atoms with Gasteiger partial charge >= 0.3 is 5.97 Å². The third kappa shape index (κ3) is 4.19. The Morgan fingerprint density at radius 2 is 1.76 bits per heavy atom. The third-order valence-electron chi connectivity index (χ3n) is 6.86. The van der Waals surface area contributed by atoms with Gasteiger partial charge in [-0.25, -0.2) is 0 Å². The van der Waals surface area contributed by atoms with Gasteiger partial charge < -0.3 is 19.3 Å². The maximum absolute atomic E-state index is 12.3. The van der Waals surface area contributed by atoms with Crippen LogP contribution in [0.15, 0.2) is 30.3 Å². The van der Waals surface area contributed by atoms with Crippen molar-refractivity contribution in [2.75, 3.05) is 20.8 Å². The monoisotopic (exact) mass is 452 g/mol. The van der Waals surface area contributed by atoms with Crippen molar-refractivity contribution >= 4 is 11.8 Å². The molecule has 4 rings (SSSR count). The first kappa shape index (κ1) is 23.1. The third-order valence-corrected chi connectivity index (χ3v) is 6.86. The fourth-order valence-electron chi connectivity index (χ4n) is 5.09. The lowest BCUT2D eigenvalue weighted by Gasteiger charge is -2.23. The van der Waals surface area contributed by atoms with Crippen LogP contribution in [-0.4, -0.2) is 37.7 Å². The van der Waals surface area contributed by atoms with Crippen molar-refractivity contribution in [1.29, 1.82) is 0 Å². The Labute approximate surface area is 194 Å². The number of ketones is 1. The predicted molar refractivity (Wildman–Crippen MR) is 125 cm³/mol. The first-order valence-electron chi connectivity index (χ1n) is 11.4. The van der Waals surface area contributed by atoms with Crippen LogP contribution in [0, 0.1) is 16.7 Å². The molecule has 2 atom stereocenters. The van der Waals surface area contributed by atoms with Crippen LogP contribution in [0.5, 0.6) is 17.2 Å². The zero-order chi connectivity index (χ0) is 24.0. The maximum Gasteiger partial charge on any atom is 0.313 e. The molecule has 0 aromatic heterocycles. The molecule has 0 heterocycles. The van der Waals surface area contributed by atoms with Crippen molar-refractivity contribution in [3.05, 3.63) is 41.5 Å². The molecule has 1 fully saturated rings. The van der Waals surface area contributed by atoms with Crippen molar-refractivity contribution in [3.8, 4) is 28.4 Å². The standard InChI is InChI=1S/C27H32O6/c1-26(2,3)13-16-14-27(16,25(29)30)15-33-23-20(10-12-22(31-4)24(23)32-5)17-7-6-8-19-18(17)9-11-21(19)28/h6-8,10,12,16H,9,11,13-15H2,1-5H3,(H,29,30). The molecule has 0 saturated heterocycles. The molecule has 6 nitrogen and oxygen atoms in total. The van der Waals surface area contributed by atoms with E-state index < -0.39 is 11.4 Å². The second kappa shape index (κ2) is 8.40. The highest BCUT2D eigenvalue weighted by atomic mass is 16.5. The summed E-state index contributed by atoms with van der Waals surface area (Å²) in [6.07, 6.45) is 2.58. The molecule has 176 valence electrons. The van der Waals surface area contributed by atoms with E-state index >= 15 is 0 Å². The summed E-state index contributed by atoms with van der Waals surface area (Å²) in [5.74, 6) is 0.756. The number of ether oxygens (including phenoxy) is 3. The van der Waals surface area contributed by atoms with Crippen LogP contribution in [0.25, 0.3) is 11.1 Å². The Morgan fingerprint density at radius 1 is 1.03 bits per heavy atom. The summed E-state index contributed by atoms with van der Waals surface area (Å²) >= 11 is 0. The number of methoxy groups -OCH3 is 2. The Balaban J connectivity index is 1.74. The summed E-state index contributed by atoms with van der Waals surface area (Å²) in [5.41, 5.74) is 2.53. The largest absolute Gasteiger partial charge is 0.493 e. The predicted octanol–water partition coefficient (Wildman–Crippen LogP) is 5.41. The van der Waals surface area contributed by atoms with Crippen LogP contribution in [0.2, 0.25) is 0 Å². The van der Waals surface area contributed by atoms with Gasteiger partial charge in [0, 0.05) is 17.5 Å². The first-order valence-corrected chi connectivity index (χ1v) is 11.4. The lowest BCUT2D eigenvalue weighted by atomic mass is 9.87. The topological polar surface area (TPSA) is 82.1 Å². The van der Waals surface area contributed by atoms with Crippen LogP contribution in [-0.2, 0) is 11.2 Å². The van der Waals surface area contributed by atoms with Gasteiger partial charge in [0.2, 0.25) is 5.75 Å². The number of carboxylic acid groups (broad SMARTS) is 1. The van der Waals surface area contributed by atoms with Gasteiger partial charge in [-0.2, -0.15) is 0 Å². The van der Waals surface area contributed by atoms with Crippen LogP contribution in [0.3, 0.4) is 0 Å². The van der Waals surface area contributed by atoms with Crippen molar-refractivity contribution in [1.82, 2.24) is 0 Å². The maximum atomic E-state index is 12.3. The van der Waals surface area contributed by atoms with Gasteiger partial charge in [0.1, 0.15) is 12.0 Å². The molecule has 0 amide bonds. The summed E-state index contributed by atoms with van der Waals surface area (Å²) in [6, 6.07) is 9.40. The van der Waals surface area contributed by atoms with E-state index in [1.54, 1.807) is 14.2 Å². The molecule has 2 aliphatic carbocycles. The number of benzene rings is 2. The number of carbonyl (C=O) groups excluding carboxylic acids is 1. The average Bonchev–Trinajstić information content (AvgIpc) is 3.32. The second-order valence-electron chi connectivity index (χ2n) is 10.3. The second-order valence-corrected chi connectivity index (χ2v) is 10.3. The van der Waals surface area contributed by atoms with Gasteiger partial charge in [0.05, 0.1) is 14.2 Å². The fraction of sp³-hybridized carbons (Fsp3) is 0.481. The van der Waals surface area contributed by atoms with E-state index in [9.17, 15) is 14.7 Å². The highest BCUT2D eigenvalue weighted by Gasteiger charge is 2.61. The van der Waals surface area contributed by atoms with Gasteiger partial charge in [-0.1, -0.05) is 39.0 Å². The minimum Gasteiger partial charge on any atom is -0.493 e. The SMILES string of the molecule is COc1ccc(-c2cccc3c2CCC3=O)c(OCC2(C(=O)O)CC2CC(C)(C)C)c1OC. The molecular weight excluding hydrogens is 420 g/mol. The van der Waals surface area contributed by atoms with E-state index in [0.717, 1.165) is 28.7 Å². The minimum absolute atomic E-state index is 0.0395. The van der Waals surface area contributed by atoms with E-state index in [4.69, 9.17) is 14.2 Å². The number of hydrogen-bond donors (Lipinski definition) is 1. The Hall–Kier alpha value is -3.02. The van der Waals surface area contributed by atoms with Crippen molar-refractivity contribution in [2.45, 2.75) is 46.5 Å². The van der Waals surface area contributed by atoms with Crippen LogP contribution in [0.4, 0.5) is 0 Å². The molecule has 2 aliphatic rings. The molecule has 0 spiro atoms. The molecule has 6 heteroatoms. The summed E-state index contributed by atoms with van der Waals surface area (Å²) < 4.78 is 17.4. The lowest BCUT2D eigenvalue weighted by Crippen LogP contribution is -2.27. The summed E-state index contributed by atoms with van der Waals surface area (Å²) in [6.45, 7) is 6.42. The van der Waals surface area contributed by atoms with Gasteiger partial charge in [-0.15, -0.1) is 0 Å². The summed E-state index contributed by atoms with van der Waals surface area (Å²) in [5, 5.41) is 10.0. The average molecular weight is 453 g/mol. The molecule has 2 aromatic rings. The quantitative estimate of drug-likeness (QED) is 0.577. The summed E-state index contributed by atoms with van der Waals surface area (Å²) in [4.78, 5) is 24.6. The van der Waals surface area contributed by atoms with Crippen molar-refractivity contribution in [3.63, 3.8) is 0 Å². The number of carboxylic acids is 1. The molecule has 1 saturated carbocycles. The number of hydrogen-bond acceptors (Lipinski definition) is 5. The van der Waals surface area contributed by atoms with E-state index in [1.807, 2.05) is 30.3 Å². The smallest absolute Gasteiger partial charge is 0.313 e. The van der Waals surface area contributed by atoms with Gasteiger partial charge in [0.25, 0.3) is 0 Å². The number of aliphatic carboxylic acids is 1. The molecule has 0 aliphatic heterocycles. The Morgan fingerprint density at radius 3 is 2.39 bits per heavy atom. The minimum atomic E-state index is -0.909. The first-order chi connectivity index (χ1) is 15.6. The van der Waals surface area contributed by atoms with E-state index in [-0.39, 0.29) is 23.7 Å². The highest BCUT2D eigenvalue weighted by Crippen LogP contribution is 2.58. The zero-order valence-electron chi connectivity index (χ0n) is 20.0. The number of Topliss-reactive ketones (excluding diaryl/α,β-unsaturated/α-hetero) is 1. The zero-order valence-corrected chi connectivity index (χ0v) is 20.0. The van der Waals surface area contributed by atoms with Crippen LogP contribution < -0.4 is 14.2 Å². The normalized spacial score (nSPS) is 21.5. The van der Waals surface area contributed by atoms with Crippen molar-refractivity contribution < 1.29 is 28.9 Å².